The van der Waals surface area contributed by atoms with Crippen LogP contribution >= 0.6 is 11.8 Å². The predicted molar refractivity (Wildman–Crippen MR) is 95.9 cm³/mol. The number of benzene rings is 2. The highest BCUT2D eigenvalue weighted by molar-refractivity contribution is 8.18. The predicted octanol–water partition coefficient (Wildman–Crippen LogP) is 4.31. The fourth-order valence-electron chi connectivity index (χ4n) is 2.46. The Balaban J connectivity index is 1.62. The Labute approximate surface area is 150 Å². The van der Waals surface area contributed by atoms with E-state index in [2.05, 4.69) is 15.3 Å². The van der Waals surface area contributed by atoms with Crippen molar-refractivity contribution in [3.8, 4) is 0 Å². The van der Waals surface area contributed by atoms with E-state index >= 15 is 0 Å². The Hall–Kier alpha value is -3.00. The molecular formula is C18H11F2N3O2S. The second-order valence-electron chi connectivity index (χ2n) is 5.54. The number of carbonyl (C=O) groups excluding carboxylic acids is 1. The number of amidine groups is 1. The molecule has 0 saturated carbocycles. The van der Waals surface area contributed by atoms with E-state index in [4.69, 9.17) is 4.42 Å². The summed E-state index contributed by atoms with van der Waals surface area (Å²) in [6.45, 7) is 1.76. The smallest absolute Gasteiger partial charge is 0.264 e. The van der Waals surface area contributed by atoms with Gasteiger partial charge in [-0.1, -0.05) is 6.07 Å². The first-order valence-electron chi connectivity index (χ1n) is 7.60. The molecule has 5 nitrogen and oxygen atoms in total. The van der Waals surface area contributed by atoms with E-state index in [9.17, 15) is 13.6 Å². The molecule has 0 atom stereocenters. The van der Waals surface area contributed by atoms with Gasteiger partial charge in [0.2, 0.25) is 0 Å². The van der Waals surface area contributed by atoms with Gasteiger partial charge in [-0.15, -0.1) is 0 Å². The first-order chi connectivity index (χ1) is 12.5. The molecule has 1 fully saturated rings. The molecule has 0 spiro atoms. The van der Waals surface area contributed by atoms with Gasteiger partial charge in [0.15, 0.2) is 22.5 Å². The summed E-state index contributed by atoms with van der Waals surface area (Å²) in [6.07, 6.45) is 1.68. The van der Waals surface area contributed by atoms with Crippen LogP contribution in [0.25, 0.3) is 17.2 Å². The summed E-state index contributed by atoms with van der Waals surface area (Å²) in [5, 5.41) is 2.79. The number of aryl methyl sites for hydroxylation is 1. The minimum atomic E-state index is -0.795. The van der Waals surface area contributed by atoms with Crippen LogP contribution in [0.5, 0.6) is 0 Å². The fraction of sp³-hybridized carbons (Fsp3) is 0.0556. The average molecular weight is 371 g/mol. The van der Waals surface area contributed by atoms with Crippen LogP contribution in [-0.4, -0.2) is 16.1 Å². The Morgan fingerprint density at radius 1 is 1.23 bits per heavy atom. The third kappa shape index (κ3) is 3.23. The maximum atomic E-state index is 13.7. The van der Waals surface area contributed by atoms with E-state index in [1.807, 2.05) is 6.07 Å². The number of nitrogens with one attached hydrogen (secondary N) is 1. The van der Waals surface area contributed by atoms with E-state index in [0.717, 1.165) is 35.0 Å². The van der Waals surface area contributed by atoms with Gasteiger partial charge in [-0.05, 0) is 47.7 Å². The number of nitrogens with zero attached hydrogens (tertiary/aromatic N) is 2. The molecule has 1 aromatic heterocycles. The summed E-state index contributed by atoms with van der Waals surface area (Å²) < 4.78 is 32.1. The van der Waals surface area contributed by atoms with Gasteiger partial charge in [0, 0.05) is 13.0 Å². The minimum Gasteiger partial charge on any atom is -0.441 e. The molecule has 130 valence electrons. The highest BCUT2D eigenvalue weighted by Gasteiger charge is 2.24. The van der Waals surface area contributed by atoms with Crippen LogP contribution in [0.1, 0.15) is 11.5 Å². The molecule has 2 heterocycles. The lowest BCUT2D eigenvalue weighted by Gasteiger charge is -1.98. The van der Waals surface area contributed by atoms with E-state index in [1.165, 1.54) is 6.07 Å². The lowest BCUT2D eigenvalue weighted by Crippen LogP contribution is -2.19. The largest absolute Gasteiger partial charge is 0.441 e. The van der Waals surface area contributed by atoms with Crippen molar-refractivity contribution in [3.05, 3.63) is 64.4 Å². The van der Waals surface area contributed by atoms with Crippen LogP contribution in [0.2, 0.25) is 0 Å². The maximum Gasteiger partial charge on any atom is 0.264 e. The van der Waals surface area contributed by atoms with E-state index < -0.39 is 11.6 Å². The number of fused-ring (bicyclic) bond motifs is 1. The Morgan fingerprint density at radius 3 is 2.88 bits per heavy atom. The van der Waals surface area contributed by atoms with Gasteiger partial charge in [0.1, 0.15) is 17.0 Å². The quantitative estimate of drug-likeness (QED) is 0.682. The molecule has 1 saturated heterocycles. The molecule has 1 amide bonds. The van der Waals surface area contributed by atoms with Crippen molar-refractivity contribution < 1.29 is 18.0 Å². The zero-order valence-corrected chi connectivity index (χ0v) is 14.2. The molecule has 0 aliphatic carbocycles. The number of amides is 1. The third-order valence-electron chi connectivity index (χ3n) is 3.60. The van der Waals surface area contributed by atoms with Crippen molar-refractivity contribution in [1.29, 1.82) is 0 Å². The number of aliphatic imine (C=N–C) groups is 1. The molecule has 1 N–H and O–H groups in total. The number of rotatable bonds is 2. The minimum absolute atomic E-state index is 0.0472. The number of aromatic nitrogens is 1. The van der Waals surface area contributed by atoms with Gasteiger partial charge in [0.05, 0.1) is 4.91 Å². The van der Waals surface area contributed by atoms with Crippen LogP contribution in [0.4, 0.5) is 14.5 Å². The van der Waals surface area contributed by atoms with Crippen LogP contribution in [0, 0.1) is 18.6 Å². The van der Waals surface area contributed by atoms with Gasteiger partial charge in [-0.2, -0.15) is 0 Å². The van der Waals surface area contributed by atoms with Crippen molar-refractivity contribution >= 4 is 45.7 Å². The van der Waals surface area contributed by atoms with Gasteiger partial charge in [-0.25, -0.2) is 18.8 Å². The number of hydrogen-bond acceptors (Lipinski definition) is 5. The van der Waals surface area contributed by atoms with Crippen LogP contribution < -0.4 is 5.32 Å². The summed E-state index contributed by atoms with van der Waals surface area (Å²) in [5.74, 6) is -1.26. The van der Waals surface area contributed by atoms with Gasteiger partial charge in [-0.3, -0.25) is 4.79 Å². The standard InChI is InChI=1S/C18H11F2N3O2S/c1-9-21-14-4-2-10(6-15(14)25-9)7-16-17(24)23-18(26-16)22-13-5-3-11(19)8-12(13)20/h2-8H,1H3,(H,22,23,24)/b16-7+. The fourth-order valence-corrected chi connectivity index (χ4v) is 3.29. The van der Waals surface area contributed by atoms with Gasteiger partial charge < -0.3 is 9.73 Å². The van der Waals surface area contributed by atoms with Crippen molar-refractivity contribution in [2.24, 2.45) is 4.99 Å². The molecule has 1 aliphatic rings. The molecular weight excluding hydrogens is 360 g/mol. The number of carbonyl (C=O) groups is 1. The third-order valence-corrected chi connectivity index (χ3v) is 4.51. The van der Waals surface area contributed by atoms with Crippen LogP contribution in [0.15, 0.2) is 50.7 Å². The van der Waals surface area contributed by atoms with Crippen molar-refractivity contribution in [2.75, 3.05) is 0 Å². The summed E-state index contributed by atoms with van der Waals surface area (Å²) in [5.41, 5.74) is 2.08. The number of hydrogen-bond donors (Lipinski definition) is 1. The molecule has 2 aromatic carbocycles. The SMILES string of the molecule is Cc1nc2ccc(/C=C3/SC(=Nc4ccc(F)cc4F)NC3=O)cc2o1. The molecule has 0 unspecified atom stereocenters. The normalized spacial score (nSPS) is 17.4. The number of thioether (sulfide) groups is 1. The van der Waals surface area contributed by atoms with Gasteiger partial charge in [0.25, 0.3) is 5.91 Å². The van der Waals surface area contributed by atoms with Crippen molar-refractivity contribution in [2.45, 2.75) is 6.92 Å². The van der Waals surface area contributed by atoms with Crippen LogP contribution in [-0.2, 0) is 4.79 Å². The first kappa shape index (κ1) is 16.5. The first-order valence-corrected chi connectivity index (χ1v) is 8.41. The van der Waals surface area contributed by atoms with E-state index in [-0.39, 0.29) is 16.8 Å². The van der Waals surface area contributed by atoms with Crippen molar-refractivity contribution in [3.63, 3.8) is 0 Å². The van der Waals surface area contributed by atoms with E-state index in [0.29, 0.717) is 16.4 Å². The second-order valence-corrected chi connectivity index (χ2v) is 6.57. The molecule has 4 rings (SSSR count). The highest BCUT2D eigenvalue weighted by Crippen LogP contribution is 2.29. The lowest BCUT2D eigenvalue weighted by atomic mass is 10.2. The Bertz CT molecular complexity index is 1110. The van der Waals surface area contributed by atoms with E-state index in [1.54, 1.807) is 25.1 Å². The molecule has 3 aromatic rings. The maximum absolute atomic E-state index is 13.7. The number of halogens is 2. The van der Waals surface area contributed by atoms with Gasteiger partial charge >= 0.3 is 0 Å². The Kier molecular flexibility index (Phi) is 4.04. The number of oxazole rings is 1. The molecule has 26 heavy (non-hydrogen) atoms. The Morgan fingerprint density at radius 2 is 2.08 bits per heavy atom. The topological polar surface area (TPSA) is 67.5 Å². The molecule has 0 radical (unpaired) electrons. The second kappa shape index (κ2) is 6.38. The lowest BCUT2D eigenvalue weighted by molar-refractivity contribution is -0.115. The summed E-state index contributed by atoms with van der Waals surface area (Å²) in [4.78, 5) is 20.8. The summed E-state index contributed by atoms with van der Waals surface area (Å²) >= 11 is 1.08. The zero-order chi connectivity index (χ0) is 18.3. The monoisotopic (exact) mass is 371 g/mol. The summed E-state index contributed by atoms with van der Waals surface area (Å²) in [7, 11) is 0. The molecule has 0 bridgehead atoms. The molecule has 1 aliphatic heterocycles. The average Bonchev–Trinajstić information content (AvgIpc) is 3.11. The van der Waals surface area contributed by atoms with Crippen LogP contribution in [0.3, 0.4) is 0 Å². The highest BCUT2D eigenvalue weighted by atomic mass is 32.2. The summed E-state index contributed by atoms with van der Waals surface area (Å²) in [6, 6.07) is 8.47. The van der Waals surface area contributed by atoms with Crippen molar-refractivity contribution in [1.82, 2.24) is 10.3 Å². The zero-order valence-electron chi connectivity index (χ0n) is 13.4. The molecule has 8 heteroatoms.